The second-order valence-electron chi connectivity index (χ2n) is 8.77. The molecule has 0 aromatic heterocycles. The molecule has 0 aliphatic carbocycles. The lowest BCUT2D eigenvalue weighted by Crippen LogP contribution is -1.97. The molecule has 0 N–H and O–H groups in total. The molecule has 0 unspecified atom stereocenters. The van der Waals surface area contributed by atoms with E-state index in [0.717, 1.165) is 28.6 Å². The van der Waals surface area contributed by atoms with Gasteiger partial charge in [-0.15, -0.1) is 0 Å². The van der Waals surface area contributed by atoms with Gasteiger partial charge in [-0.3, -0.25) is 10.1 Å². The molecule has 0 heterocycles. The number of nitro benzene ring substituents is 1. The van der Waals surface area contributed by atoms with Crippen LogP contribution in [0.1, 0.15) is 96.8 Å². The lowest BCUT2D eigenvalue weighted by atomic mass is 10.0. The predicted octanol–water partition coefficient (Wildman–Crippen LogP) is 9.61. The van der Waals surface area contributed by atoms with Crippen molar-refractivity contribution in [3.05, 3.63) is 58.6 Å². The molecule has 0 aliphatic rings. The van der Waals surface area contributed by atoms with Crippen LogP contribution in [0, 0.1) is 10.1 Å². The van der Waals surface area contributed by atoms with Crippen molar-refractivity contribution in [2.45, 2.75) is 107 Å². The summed E-state index contributed by atoms with van der Waals surface area (Å²) in [6.45, 7) is 3.05. The van der Waals surface area contributed by atoms with Gasteiger partial charge in [-0.1, -0.05) is 102 Å². The van der Waals surface area contributed by atoms with Crippen molar-refractivity contribution in [3.8, 4) is 5.75 Å². The van der Waals surface area contributed by atoms with E-state index in [2.05, 4.69) is 6.92 Å². The van der Waals surface area contributed by atoms with E-state index in [9.17, 15) is 10.1 Å². The van der Waals surface area contributed by atoms with Gasteiger partial charge in [0.05, 0.1) is 11.5 Å². The van der Waals surface area contributed by atoms with Crippen molar-refractivity contribution < 1.29 is 9.66 Å². The van der Waals surface area contributed by atoms with Gasteiger partial charge in [-0.25, -0.2) is 0 Å². The first-order valence-electron chi connectivity index (χ1n) is 12.8. The molecule has 0 spiro atoms. The van der Waals surface area contributed by atoms with Crippen molar-refractivity contribution in [1.82, 2.24) is 0 Å². The maximum absolute atomic E-state index is 10.7. The summed E-state index contributed by atoms with van der Waals surface area (Å²) in [4.78, 5) is 12.4. The zero-order valence-corrected chi connectivity index (χ0v) is 21.1. The minimum Gasteiger partial charge on any atom is -0.494 e. The zero-order chi connectivity index (χ0) is 23.6. The molecule has 2 aromatic rings. The van der Waals surface area contributed by atoms with Gasteiger partial charge < -0.3 is 4.74 Å². The fourth-order valence-electron chi connectivity index (χ4n) is 3.86. The van der Waals surface area contributed by atoms with Crippen LogP contribution < -0.4 is 4.74 Å². The average Bonchev–Trinajstić information content (AvgIpc) is 2.83. The third-order valence-electron chi connectivity index (χ3n) is 5.87. The van der Waals surface area contributed by atoms with E-state index in [1.165, 1.54) is 95.6 Å². The maximum atomic E-state index is 10.7. The molecule has 0 radical (unpaired) electrons. The van der Waals surface area contributed by atoms with E-state index in [-0.39, 0.29) is 10.6 Å². The van der Waals surface area contributed by atoms with E-state index in [4.69, 9.17) is 4.74 Å². The molecular formula is C28H41NO3S. The molecular weight excluding hydrogens is 430 g/mol. The van der Waals surface area contributed by atoms with Crippen molar-refractivity contribution in [3.63, 3.8) is 0 Å². The number of nitrogens with zero attached hydrogens (tertiary/aromatic N) is 1. The van der Waals surface area contributed by atoms with Crippen LogP contribution >= 0.6 is 11.8 Å². The fraction of sp³-hybridized carbons (Fsp3) is 0.571. The standard InChI is InChI=1S/C28H41NO3S/c1-2-3-4-5-6-7-8-9-10-11-12-13-14-15-24-32-26-18-22-28(23-19-26)33-27-20-16-25(17-21-27)29(30)31/h16-23H,2-15,24H2,1H3. The SMILES string of the molecule is CCCCCCCCCCCCCCCCOc1ccc(Sc2ccc([N+](=O)[O-])cc2)cc1. The number of benzene rings is 2. The summed E-state index contributed by atoms with van der Waals surface area (Å²) in [7, 11) is 0. The number of hydrogen-bond donors (Lipinski definition) is 0. The zero-order valence-electron chi connectivity index (χ0n) is 20.3. The van der Waals surface area contributed by atoms with Gasteiger partial charge in [0.15, 0.2) is 0 Å². The number of unbranched alkanes of at least 4 members (excludes halogenated alkanes) is 13. The van der Waals surface area contributed by atoms with Crippen molar-refractivity contribution in [1.29, 1.82) is 0 Å². The highest BCUT2D eigenvalue weighted by Gasteiger charge is 2.05. The molecule has 0 amide bonds. The normalized spacial score (nSPS) is 10.9. The minimum atomic E-state index is -0.376. The van der Waals surface area contributed by atoms with E-state index >= 15 is 0 Å². The summed E-state index contributed by atoms with van der Waals surface area (Å²) in [6.07, 6.45) is 19.1. The van der Waals surface area contributed by atoms with Crippen LogP contribution in [0.3, 0.4) is 0 Å². The number of hydrogen-bond acceptors (Lipinski definition) is 4. The second-order valence-corrected chi connectivity index (χ2v) is 9.92. The van der Waals surface area contributed by atoms with E-state index < -0.39 is 0 Å². The molecule has 0 bridgehead atoms. The molecule has 0 atom stereocenters. The quantitative estimate of drug-likeness (QED) is 0.116. The molecule has 4 nitrogen and oxygen atoms in total. The Bertz CT molecular complexity index is 762. The largest absolute Gasteiger partial charge is 0.494 e. The van der Waals surface area contributed by atoms with Crippen molar-refractivity contribution in [2.75, 3.05) is 6.61 Å². The minimum absolute atomic E-state index is 0.117. The molecule has 33 heavy (non-hydrogen) atoms. The topological polar surface area (TPSA) is 52.4 Å². The molecule has 2 rings (SSSR count). The van der Waals surface area contributed by atoms with Crippen LogP contribution in [0.15, 0.2) is 58.3 Å². The van der Waals surface area contributed by atoms with E-state index in [1.807, 2.05) is 24.3 Å². The Morgan fingerprint density at radius 1 is 0.667 bits per heavy atom. The van der Waals surface area contributed by atoms with Gasteiger partial charge in [0.2, 0.25) is 0 Å². The average molecular weight is 472 g/mol. The third kappa shape index (κ3) is 12.7. The van der Waals surface area contributed by atoms with Crippen LogP contribution in [0.25, 0.3) is 0 Å². The van der Waals surface area contributed by atoms with Gasteiger partial charge in [0, 0.05) is 21.9 Å². The molecule has 0 aliphatic heterocycles. The second kappa shape index (κ2) is 17.5. The molecule has 0 saturated carbocycles. The molecule has 2 aromatic carbocycles. The van der Waals surface area contributed by atoms with Crippen LogP contribution in [0.4, 0.5) is 5.69 Å². The first-order valence-corrected chi connectivity index (χ1v) is 13.7. The summed E-state index contributed by atoms with van der Waals surface area (Å²) >= 11 is 1.59. The summed E-state index contributed by atoms with van der Waals surface area (Å²) in [5.41, 5.74) is 0.117. The van der Waals surface area contributed by atoms with Gasteiger partial charge in [0.1, 0.15) is 5.75 Å². The van der Waals surface area contributed by atoms with Gasteiger partial charge in [-0.05, 0) is 42.8 Å². The lowest BCUT2D eigenvalue weighted by molar-refractivity contribution is -0.384. The molecule has 182 valence electrons. The summed E-state index contributed by atoms with van der Waals surface area (Å²) < 4.78 is 5.88. The van der Waals surface area contributed by atoms with Gasteiger partial charge in [0.25, 0.3) is 5.69 Å². The van der Waals surface area contributed by atoms with Crippen molar-refractivity contribution in [2.24, 2.45) is 0 Å². The van der Waals surface area contributed by atoms with E-state index in [0.29, 0.717) is 0 Å². The summed E-state index contributed by atoms with van der Waals surface area (Å²) in [5.74, 6) is 0.901. The maximum Gasteiger partial charge on any atom is 0.269 e. The van der Waals surface area contributed by atoms with E-state index in [1.54, 1.807) is 23.9 Å². The molecule has 5 heteroatoms. The Kier molecular flexibility index (Phi) is 14.4. The van der Waals surface area contributed by atoms with Crippen molar-refractivity contribution >= 4 is 17.4 Å². The number of non-ortho nitro benzene ring substituents is 1. The number of nitro groups is 1. The highest BCUT2D eigenvalue weighted by molar-refractivity contribution is 7.99. The first kappa shape index (κ1) is 27.2. The van der Waals surface area contributed by atoms with Gasteiger partial charge in [-0.2, -0.15) is 0 Å². The Labute approximate surface area is 204 Å². The monoisotopic (exact) mass is 471 g/mol. The van der Waals surface area contributed by atoms with Gasteiger partial charge >= 0.3 is 0 Å². The highest BCUT2D eigenvalue weighted by Crippen LogP contribution is 2.30. The highest BCUT2D eigenvalue weighted by atomic mass is 32.2. The first-order chi connectivity index (χ1) is 16.2. The summed E-state index contributed by atoms with van der Waals surface area (Å²) in [6, 6.07) is 14.7. The third-order valence-corrected chi connectivity index (χ3v) is 6.89. The smallest absolute Gasteiger partial charge is 0.269 e. The summed E-state index contributed by atoms with van der Waals surface area (Å²) in [5, 5.41) is 10.7. The Hall–Kier alpha value is -2.01. The molecule has 0 saturated heterocycles. The Morgan fingerprint density at radius 3 is 1.55 bits per heavy atom. The van der Waals surface area contributed by atoms with Crippen LogP contribution in [0.5, 0.6) is 5.75 Å². The number of rotatable bonds is 19. The molecule has 0 fully saturated rings. The fourth-order valence-corrected chi connectivity index (χ4v) is 4.68. The van der Waals surface area contributed by atoms with Crippen LogP contribution in [-0.2, 0) is 0 Å². The lowest BCUT2D eigenvalue weighted by Gasteiger charge is -2.07. The Morgan fingerprint density at radius 2 is 1.09 bits per heavy atom. The Balaban J connectivity index is 1.45. The number of ether oxygens (including phenoxy) is 1. The van der Waals surface area contributed by atoms with Crippen LogP contribution in [-0.4, -0.2) is 11.5 Å². The van der Waals surface area contributed by atoms with Crippen LogP contribution in [0.2, 0.25) is 0 Å². The predicted molar refractivity (Wildman–Crippen MR) is 139 cm³/mol.